The van der Waals surface area contributed by atoms with Crippen LogP contribution in [0.3, 0.4) is 0 Å². The van der Waals surface area contributed by atoms with Gasteiger partial charge in [0.25, 0.3) is 5.91 Å². The van der Waals surface area contributed by atoms with Gasteiger partial charge in [0.15, 0.2) is 0 Å². The summed E-state index contributed by atoms with van der Waals surface area (Å²) in [6.07, 6.45) is 6.33. The van der Waals surface area contributed by atoms with Crippen molar-refractivity contribution in [2.24, 2.45) is 0 Å². The summed E-state index contributed by atoms with van der Waals surface area (Å²) in [6, 6.07) is 7.31. The standard InChI is InChI=1S/C17H21IN2O2/c18-13-6-8-14(9-7-13)20-16(21)12-15(17(20)22)19-10-4-2-1-3-5-11-19/h6-9,15H,1-5,10-12H2. The summed E-state index contributed by atoms with van der Waals surface area (Å²) in [5, 5.41) is 0. The Labute approximate surface area is 145 Å². The lowest BCUT2D eigenvalue weighted by atomic mass is 10.1. The van der Waals surface area contributed by atoms with E-state index in [-0.39, 0.29) is 17.9 Å². The van der Waals surface area contributed by atoms with E-state index in [9.17, 15) is 9.59 Å². The molecule has 1 aromatic carbocycles. The maximum absolute atomic E-state index is 12.8. The van der Waals surface area contributed by atoms with E-state index in [1.807, 2.05) is 24.3 Å². The first-order valence-corrected chi connectivity index (χ1v) is 9.11. The second-order valence-electron chi connectivity index (χ2n) is 6.07. The number of anilines is 1. The van der Waals surface area contributed by atoms with Crippen LogP contribution in [0.2, 0.25) is 0 Å². The Morgan fingerprint density at radius 3 is 2.14 bits per heavy atom. The van der Waals surface area contributed by atoms with Crippen LogP contribution in [0.15, 0.2) is 24.3 Å². The summed E-state index contributed by atoms with van der Waals surface area (Å²) in [5.74, 6) is -0.120. The van der Waals surface area contributed by atoms with Gasteiger partial charge in [0, 0.05) is 3.57 Å². The Morgan fingerprint density at radius 1 is 0.909 bits per heavy atom. The molecule has 4 nitrogen and oxygen atoms in total. The van der Waals surface area contributed by atoms with Gasteiger partial charge in [-0.3, -0.25) is 14.5 Å². The minimum Gasteiger partial charge on any atom is -0.292 e. The Hall–Kier alpha value is -0.950. The molecular weight excluding hydrogens is 391 g/mol. The van der Waals surface area contributed by atoms with Gasteiger partial charge in [-0.25, -0.2) is 4.90 Å². The minimum absolute atomic E-state index is 0.0493. The second-order valence-corrected chi connectivity index (χ2v) is 7.31. The zero-order valence-corrected chi connectivity index (χ0v) is 14.8. The van der Waals surface area contributed by atoms with Crippen LogP contribution in [0.1, 0.15) is 38.5 Å². The lowest BCUT2D eigenvalue weighted by Crippen LogP contribution is -2.43. The molecule has 1 atom stereocenters. The molecule has 3 rings (SSSR count). The van der Waals surface area contributed by atoms with Crippen molar-refractivity contribution in [3.8, 4) is 0 Å². The molecule has 2 heterocycles. The molecule has 0 bridgehead atoms. The maximum Gasteiger partial charge on any atom is 0.251 e. The summed E-state index contributed by atoms with van der Waals surface area (Å²) in [7, 11) is 0. The maximum atomic E-state index is 12.8. The number of nitrogens with zero attached hydrogens (tertiary/aromatic N) is 2. The number of rotatable bonds is 2. The van der Waals surface area contributed by atoms with Gasteiger partial charge in [-0.1, -0.05) is 19.3 Å². The zero-order chi connectivity index (χ0) is 15.5. The van der Waals surface area contributed by atoms with Crippen LogP contribution in [0.4, 0.5) is 5.69 Å². The number of hydrogen-bond donors (Lipinski definition) is 0. The van der Waals surface area contributed by atoms with E-state index in [1.165, 1.54) is 24.2 Å². The highest BCUT2D eigenvalue weighted by Crippen LogP contribution is 2.27. The highest BCUT2D eigenvalue weighted by atomic mass is 127. The number of imide groups is 1. The molecule has 2 saturated heterocycles. The van der Waals surface area contributed by atoms with E-state index in [2.05, 4.69) is 27.5 Å². The molecule has 2 fully saturated rings. The number of carbonyl (C=O) groups is 2. The lowest BCUT2D eigenvalue weighted by molar-refractivity contribution is -0.123. The highest BCUT2D eigenvalue weighted by Gasteiger charge is 2.42. The van der Waals surface area contributed by atoms with E-state index >= 15 is 0 Å². The summed E-state index contributed by atoms with van der Waals surface area (Å²) in [5.41, 5.74) is 0.699. The predicted octanol–water partition coefficient (Wildman–Crippen LogP) is 3.19. The fourth-order valence-corrected chi connectivity index (χ4v) is 3.71. The first-order valence-electron chi connectivity index (χ1n) is 8.03. The predicted molar refractivity (Wildman–Crippen MR) is 94.7 cm³/mol. The number of carbonyl (C=O) groups excluding carboxylic acids is 2. The number of amides is 2. The average molecular weight is 412 g/mol. The number of likely N-dealkylation sites (tertiary alicyclic amines) is 1. The van der Waals surface area contributed by atoms with Crippen molar-refractivity contribution < 1.29 is 9.59 Å². The van der Waals surface area contributed by atoms with Crippen LogP contribution in [0.5, 0.6) is 0 Å². The van der Waals surface area contributed by atoms with Crippen LogP contribution in [-0.4, -0.2) is 35.8 Å². The largest absolute Gasteiger partial charge is 0.292 e. The first-order chi connectivity index (χ1) is 10.7. The van der Waals surface area contributed by atoms with Crippen molar-refractivity contribution in [2.45, 2.75) is 44.6 Å². The number of benzene rings is 1. The third kappa shape index (κ3) is 3.35. The van der Waals surface area contributed by atoms with E-state index in [0.29, 0.717) is 12.1 Å². The summed E-state index contributed by atoms with van der Waals surface area (Å²) in [4.78, 5) is 28.7. The Kier molecular flexibility index (Phi) is 5.13. The van der Waals surface area contributed by atoms with Gasteiger partial charge in [-0.15, -0.1) is 0 Å². The molecule has 0 N–H and O–H groups in total. The van der Waals surface area contributed by atoms with Crippen molar-refractivity contribution in [1.82, 2.24) is 4.90 Å². The Morgan fingerprint density at radius 2 is 1.50 bits per heavy atom. The zero-order valence-electron chi connectivity index (χ0n) is 12.6. The fourth-order valence-electron chi connectivity index (χ4n) is 3.35. The molecule has 1 unspecified atom stereocenters. The van der Waals surface area contributed by atoms with Crippen LogP contribution in [0, 0.1) is 3.57 Å². The smallest absolute Gasteiger partial charge is 0.251 e. The lowest BCUT2D eigenvalue weighted by Gasteiger charge is -2.28. The van der Waals surface area contributed by atoms with Gasteiger partial charge in [0.05, 0.1) is 18.2 Å². The highest BCUT2D eigenvalue weighted by molar-refractivity contribution is 14.1. The van der Waals surface area contributed by atoms with Gasteiger partial charge in [0.2, 0.25) is 5.91 Å². The molecule has 118 valence electrons. The van der Waals surface area contributed by atoms with Gasteiger partial charge < -0.3 is 0 Å². The monoisotopic (exact) mass is 412 g/mol. The molecule has 2 aliphatic heterocycles. The molecule has 0 aliphatic carbocycles. The molecular formula is C17H21IN2O2. The van der Waals surface area contributed by atoms with Crippen LogP contribution in [0.25, 0.3) is 0 Å². The van der Waals surface area contributed by atoms with E-state index < -0.39 is 0 Å². The summed E-state index contributed by atoms with van der Waals surface area (Å²) >= 11 is 2.22. The molecule has 1 aromatic rings. The topological polar surface area (TPSA) is 40.6 Å². The molecule has 0 radical (unpaired) electrons. The van der Waals surface area contributed by atoms with Crippen LogP contribution in [-0.2, 0) is 9.59 Å². The summed E-state index contributed by atoms with van der Waals surface area (Å²) < 4.78 is 1.10. The SMILES string of the molecule is O=C1CC(N2CCCCCCC2)C(=O)N1c1ccc(I)cc1. The quantitative estimate of drug-likeness (QED) is 0.554. The summed E-state index contributed by atoms with van der Waals surface area (Å²) in [6.45, 7) is 1.87. The normalized spacial score (nSPS) is 24.4. The van der Waals surface area contributed by atoms with Crippen LogP contribution < -0.4 is 4.90 Å². The van der Waals surface area contributed by atoms with Crippen LogP contribution >= 0.6 is 22.6 Å². The number of halogens is 1. The van der Waals surface area contributed by atoms with Crippen molar-refractivity contribution >= 4 is 40.1 Å². The van der Waals surface area contributed by atoms with E-state index in [1.54, 1.807) is 0 Å². The van der Waals surface area contributed by atoms with Crippen molar-refractivity contribution in [2.75, 3.05) is 18.0 Å². The van der Waals surface area contributed by atoms with Crippen molar-refractivity contribution in [3.63, 3.8) is 0 Å². The Bertz CT molecular complexity index is 550. The molecule has 2 amide bonds. The second kappa shape index (κ2) is 7.08. The molecule has 2 aliphatic rings. The number of hydrogen-bond acceptors (Lipinski definition) is 3. The third-order valence-electron chi connectivity index (χ3n) is 4.54. The molecule has 0 spiro atoms. The molecule has 0 aromatic heterocycles. The van der Waals surface area contributed by atoms with Crippen molar-refractivity contribution in [3.05, 3.63) is 27.8 Å². The van der Waals surface area contributed by atoms with E-state index in [4.69, 9.17) is 0 Å². The molecule has 5 heteroatoms. The third-order valence-corrected chi connectivity index (χ3v) is 5.26. The van der Waals surface area contributed by atoms with Gasteiger partial charge in [-0.2, -0.15) is 0 Å². The average Bonchev–Trinajstić information content (AvgIpc) is 2.75. The molecule has 22 heavy (non-hydrogen) atoms. The minimum atomic E-state index is -0.259. The molecule has 0 saturated carbocycles. The Balaban J connectivity index is 1.76. The first kappa shape index (κ1) is 15.9. The van der Waals surface area contributed by atoms with E-state index in [0.717, 1.165) is 29.5 Å². The fraction of sp³-hybridized carbons (Fsp3) is 0.529. The van der Waals surface area contributed by atoms with Gasteiger partial charge in [0.1, 0.15) is 0 Å². The van der Waals surface area contributed by atoms with Gasteiger partial charge >= 0.3 is 0 Å². The van der Waals surface area contributed by atoms with Gasteiger partial charge in [-0.05, 0) is 72.8 Å². The van der Waals surface area contributed by atoms with Crippen molar-refractivity contribution in [1.29, 1.82) is 0 Å².